The molecule has 11 nitrogen and oxygen atoms in total. The van der Waals surface area contributed by atoms with Crippen molar-refractivity contribution in [2.45, 2.75) is 371 Å². The number of aromatic nitrogens is 7. The maximum Gasteiger partial charge on any atom is 0.229 e. The standard InChI is InChI=1S/C13H21N.C12H19N.C11H17N.C10H17N.C10H16O.C10H16S.C9H15NO.C9H15NS.C8H14N2O/c1-8(2)12-10(5)7-11(6)13(14-12)9(3)4;1-8(2)11-6-10(5)7-12(13-11)9(3)4;1-8(2)10-6-5-7-11(12-10)9(3)4;3*1-7(2)9-5-6-10(11-9)8(3)4;2*1-6(2)8-5-11-9(10-8)7(3)4;1-5(2)7-9-8(6(3)4)11-10-7/h7-9H,1-6H3;6-9H,1-5H3;5-9H,1-4H3;5,7-8H,6H2,1-4H3;2*5-8H,1-4H3;2*5-7H,1-4H3;5-6H,1-4H3. The molecule has 0 spiro atoms. The highest BCUT2D eigenvalue weighted by Crippen LogP contribution is 2.31. The summed E-state index contributed by atoms with van der Waals surface area (Å²) in [5.41, 5.74) is 16.2. The molecule has 13 heteroatoms. The minimum Gasteiger partial charge on any atom is -0.466 e. The van der Waals surface area contributed by atoms with Crippen molar-refractivity contribution in [3.05, 3.63) is 190 Å². The van der Waals surface area contributed by atoms with Crippen LogP contribution in [0.1, 0.15) is 456 Å². The van der Waals surface area contributed by atoms with Crippen molar-refractivity contribution in [2.75, 3.05) is 0 Å². The van der Waals surface area contributed by atoms with Crippen molar-refractivity contribution >= 4 is 28.4 Å². The molecule has 0 radical (unpaired) electrons. The van der Waals surface area contributed by atoms with Crippen molar-refractivity contribution < 1.29 is 13.4 Å². The lowest BCUT2D eigenvalue weighted by Gasteiger charge is -2.15. The number of rotatable bonds is 18. The van der Waals surface area contributed by atoms with Crippen LogP contribution in [0.25, 0.3) is 0 Å². The second kappa shape index (κ2) is 48.3. The van der Waals surface area contributed by atoms with Gasteiger partial charge >= 0.3 is 0 Å². The first-order chi connectivity index (χ1) is 48.7. The Labute approximate surface area is 650 Å². The van der Waals surface area contributed by atoms with E-state index >= 15 is 0 Å². The lowest BCUT2D eigenvalue weighted by molar-refractivity contribution is 0.359. The van der Waals surface area contributed by atoms with E-state index < -0.39 is 0 Å². The monoisotopic (exact) mass is 1480 g/mol. The third-order valence-electron chi connectivity index (χ3n) is 17.1. The van der Waals surface area contributed by atoms with Crippen LogP contribution in [0.3, 0.4) is 0 Å². The highest BCUT2D eigenvalue weighted by atomic mass is 32.1. The van der Waals surface area contributed by atoms with Gasteiger partial charge in [-0.25, -0.2) is 9.97 Å². The van der Waals surface area contributed by atoms with E-state index in [0.29, 0.717) is 107 Å². The second-order valence-electron chi connectivity index (χ2n) is 33.8. The normalized spacial score (nSPS) is 12.0. The zero-order chi connectivity index (χ0) is 80.6. The van der Waals surface area contributed by atoms with Gasteiger partial charge in [-0.3, -0.25) is 19.9 Å². The lowest BCUT2D eigenvalue weighted by Crippen LogP contribution is -2.04. The van der Waals surface area contributed by atoms with Gasteiger partial charge in [0.2, 0.25) is 5.89 Å². The van der Waals surface area contributed by atoms with Crippen LogP contribution in [-0.4, -0.2) is 40.8 Å². The number of hydrogen-bond acceptors (Lipinski definition) is 13. The van der Waals surface area contributed by atoms with Crippen LogP contribution in [0.4, 0.5) is 0 Å². The predicted octanol–water partition coefficient (Wildman–Crippen LogP) is 30.1. The number of oxazole rings is 1. The van der Waals surface area contributed by atoms with Gasteiger partial charge in [0.15, 0.2) is 11.7 Å². The third kappa shape index (κ3) is 36.1. The first-order valence-corrected chi connectivity index (χ1v) is 41.5. The Morgan fingerprint density at radius 1 is 0.352 bits per heavy atom. The fourth-order valence-corrected chi connectivity index (χ4v) is 11.9. The van der Waals surface area contributed by atoms with Gasteiger partial charge < -0.3 is 13.4 Å². The molecule has 0 aliphatic carbocycles. The van der Waals surface area contributed by atoms with Gasteiger partial charge in [0, 0.05) is 103 Å². The number of aryl methyl sites for hydroxylation is 3. The largest absolute Gasteiger partial charge is 0.466 e. The molecule has 8 aromatic rings. The van der Waals surface area contributed by atoms with Crippen molar-refractivity contribution in [3.8, 4) is 0 Å². The lowest BCUT2D eigenvalue weighted by atomic mass is 9.98. The fraction of sp³-hybridized carbons (Fsp3) is 0.630. The SMILES string of the molecule is CC(C)C1=CCC(C(C)C)=N1.CC(C)c1ccc(C(C)C)o1.CC(C)c1ccc(C(C)C)s1.CC(C)c1cccc(C(C)C)n1.CC(C)c1coc(C(C)C)n1.CC(C)c1csc(C(C)C)n1.CC(C)c1noc(C(C)C)n1.Cc1cc(C(C)C)nc(C(C)C)c1.Cc1cc(C)c(C(C)C)nc1C(C)C. The second-order valence-corrected chi connectivity index (χ2v) is 35.8. The maximum absolute atomic E-state index is 5.61. The number of hydrogen-bond donors (Lipinski definition) is 0. The number of thiazole rings is 1. The number of allylic oxidation sites excluding steroid dienone is 2. The summed E-state index contributed by atoms with van der Waals surface area (Å²) in [7, 11) is 0. The quantitative estimate of drug-likeness (QED) is 0.0815. The highest BCUT2D eigenvalue weighted by Gasteiger charge is 2.17. The molecule has 0 saturated carbocycles. The number of thiophene rings is 1. The Morgan fingerprint density at radius 2 is 0.790 bits per heavy atom. The number of aliphatic imine (C=N–C) groups is 1. The molecule has 8 aromatic heterocycles. The molecule has 9 heterocycles. The average molecular weight is 1480 g/mol. The van der Waals surface area contributed by atoms with Crippen LogP contribution in [0.5, 0.6) is 0 Å². The number of pyridine rings is 3. The van der Waals surface area contributed by atoms with E-state index in [9.17, 15) is 0 Å². The smallest absolute Gasteiger partial charge is 0.229 e. The van der Waals surface area contributed by atoms with E-state index in [1.165, 1.54) is 82.7 Å². The molecule has 0 saturated heterocycles. The molecule has 1 aliphatic rings. The summed E-state index contributed by atoms with van der Waals surface area (Å²) in [6.45, 7) is 84.3. The minimum absolute atomic E-state index is 0.329. The van der Waals surface area contributed by atoms with Gasteiger partial charge in [-0.05, 0) is 157 Å². The number of furan rings is 1. The average Bonchev–Trinajstić information content (AvgIpc) is 1.74. The number of nitrogens with zero attached hydrogens (tertiary/aromatic N) is 8. The zero-order valence-corrected chi connectivity index (χ0v) is 75.4. The molecule has 0 bridgehead atoms. The van der Waals surface area contributed by atoms with E-state index in [0.717, 1.165) is 41.2 Å². The van der Waals surface area contributed by atoms with Crippen molar-refractivity contribution in [1.29, 1.82) is 0 Å². The van der Waals surface area contributed by atoms with Crippen LogP contribution in [0, 0.1) is 32.6 Å². The zero-order valence-electron chi connectivity index (χ0n) is 73.7. The fourth-order valence-electron chi connectivity index (χ4n) is 9.93. The summed E-state index contributed by atoms with van der Waals surface area (Å²) in [5.74, 6) is 14.0. The van der Waals surface area contributed by atoms with E-state index in [-0.39, 0.29) is 0 Å². The van der Waals surface area contributed by atoms with E-state index in [2.05, 4.69) is 363 Å². The molecular formula is C92H150N8O3S2. The molecule has 0 fully saturated rings. The molecule has 0 amide bonds. The van der Waals surface area contributed by atoms with E-state index in [1.807, 2.05) is 25.2 Å². The van der Waals surface area contributed by atoms with Crippen LogP contribution >= 0.6 is 22.7 Å². The Balaban J connectivity index is 0.000000591. The molecular weight excluding hydrogens is 1330 g/mol. The summed E-state index contributed by atoms with van der Waals surface area (Å²) in [6.07, 6.45) is 5.07. The predicted molar refractivity (Wildman–Crippen MR) is 458 cm³/mol. The topological polar surface area (TPSA) is 142 Å². The van der Waals surface area contributed by atoms with Crippen LogP contribution in [-0.2, 0) is 0 Å². The van der Waals surface area contributed by atoms with Gasteiger partial charge in [-0.2, -0.15) is 4.98 Å². The summed E-state index contributed by atoms with van der Waals surface area (Å²) < 4.78 is 15.9. The van der Waals surface area contributed by atoms with E-state index in [1.54, 1.807) is 17.6 Å². The van der Waals surface area contributed by atoms with Crippen molar-refractivity contribution in [2.24, 2.45) is 16.8 Å². The Kier molecular flexibility index (Phi) is 44.5. The Hall–Kier alpha value is -6.18. The van der Waals surface area contributed by atoms with Crippen LogP contribution < -0.4 is 0 Å². The van der Waals surface area contributed by atoms with Gasteiger partial charge in [0.05, 0.1) is 16.4 Å². The molecule has 1 aliphatic heterocycles. The minimum atomic E-state index is 0.329. The molecule has 9 rings (SSSR count). The maximum atomic E-state index is 5.61. The van der Waals surface area contributed by atoms with Crippen molar-refractivity contribution in [1.82, 2.24) is 35.1 Å². The molecule has 105 heavy (non-hydrogen) atoms. The summed E-state index contributed by atoms with van der Waals surface area (Å²) in [4.78, 5) is 34.7. The molecule has 0 aromatic carbocycles. The van der Waals surface area contributed by atoms with Gasteiger partial charge in [0.1, 0.15) is 17.8 Å². The van der Waals surface area contributed by atoms with Gasteiger partial charge in [0.25, 0.3) is 0 Å². The Morgan fingerprint density at radius 3 is 1.06 bits per heavy atom. The van der Waals surface area contributed by atoms with Gasteiger partial charge in [-0.1, -0.05) is 273 Å². The Bertz CT molecular complexity index is 3230. The van der Waals surface area contributed by atoms with Crippen molar-refractivity contribution in [3.63, 3.8) is 0 Å². The molecule has 588 valence electrons. The molecule has 0 N–H and O–H groups in total. The van der Waals surface area contributed by atoms with Gasteiger partial charge in [-0.15, -0.1) is 22.7 Å². The highest BCUT2D eigenvalue weighted by molar-refractivity contribution is 7.12. The van der Waals surface area contributed by atoms with Crippen LogP contribution in [0.15, 0.2) is 102 Å². The van der Waals surface area contributed by atoms with E-state index in [4.69, 9.17) is 18.3 Å². The summed E-state index contributed by atoms with van der Waals surface area (Å²) in [6, 6.07) is 21.5. The first-order valence-electron chi connectivity index (χ1n) is 39.8. The first kappa shape index (κ1) is 96.8. The van der Waals surface area contributed by atoms with Crippen LogP contribution in [0.2, 0.25) is 0 Å². The summed E-state index contributed by atoms with van der Waals surface area (Å²) in [5, 5.41) is 7.28. The summed E-state index contributed by atoms with van der Waals surface area (Å²) >= 11 is 3.72. The molecule has 0 unspecified atom stereocenters. The third-order valence-corrected chi connectivity index (χ3v) is 19.9. The molecule has 0 atom stereocenters.